The van der Waals surface area contributed by atoms with Crippen LogP contribution in [0.4, 0.5) is 0 Å². The van der Waals surface area contributed by atoms with Gasteiger partial charge in [-0.15, -0.1) is 5.10 Å². The fourth-order valence-electron chi connectivity index (χ4n) is 2.65. The minimum Gasteiger partial charge on any atom is -0.481 e. The number of carboxylic acid groups (broad SMARTS) is 1. The first-order valence-corrected chi connectivity index (χ1v) is 7.09. The molecule has 0 atom stereocenters. The molecule has 3 rings (SSSR count). The molecule has 1 aromatic rings. The molecule has 2 fully saturated rings. The first-order chi connectivity index (χ1) is 9.63. The van der Waals surface area contributed by atoms with Crippen LogP contribution in [0.1, 0.15) is 60.9 Å². The highest BCUT2D eigenvalue weighted by molar-refractivity contribution is 5.90. The van der Waals surface area contributed by atoms with Gasteiger partial charge in [0.05, 0.1) is 5.92 Å². The highest BCUT2D eigenvalue weighted by atomic mass is 16.4. The monoisotopic (exact) mass is 278 g/mol. The topological polar surface area (TPSA) is 108 Å². The van der Waals surface area contributed by atoms with E-state index in [1.165, 1.54) is 0 Å². The van der Waals surface area contributed by atoms with Crippen molar-refractivity contribution >= 4 is 11.9 Å². The second-order valence-electron chi connectivity index (χ2n) is 5.68. The molecule has 1 amide bonds. The Morgan fingerprint density at radius 3 is 2.45 bits per heavy atom. The van der Waals surface area contributed by atoms with Crippen LogP contribution in [0, 0.1) is 5.92 Å². The van der Waals surface area contributed by atoms with Crippen molar-refractivity contribution in [2.24, 2.45) is 5.92 Å². The van der Waals surface area contributed by atoms with Crippen molar-refractivity contribution in [1.82, 2.24) is 20.5 Å². The predicted molar refractivity (Wildman–Crippen MR) is 69.2 cm³/mol. The van der Waals surface area contributed by atoms with E-state index < -0.39 is 5.97 Å². The zero-order valence-electron chi connectivity index (χ0n) is 11.1. The summed E-state index contributed by atoms with van der Waals surface area (Å²) in [5, 5.41) is 18.6. The molecule has 0 unspecified atom stereocenters. The standard InChI is InChI=1S/C13H18N4O3/c18-12(11-15-10(16-17-11)7-1-2-7)14-9-5-3-8(4-6-9)13(19)20/h7-9H,1-6H2,(H,14,18)(H,19,20)(H,15,16,17). The van der Waals surface area contributed by atoms with Gasteiger partial charge in [0.1, 0.15) is 5.82 Å². The molecule has 2 aliphatic carbocycles. The molecule has 1 aromatic heterocycles. The zero-order chi connectivity index (χ0) is 14.1. The Morgan fingerprint density at radius 1 is 1.15 bits per heavy atom. The molecule has 0 aliphatic heterocycles. The Hall–Kier alpha value is -1.92. The Kier molecular flexibility index (Phi) is 3.42. The van der Waals surface area contributed by atoms with Gasteiger partial charge in [-0.05, 0) is 38.5 Å². The molecule has 2 saturated carbocycles. The minimum atomic E-state index is -0.738. The van der Waals surface area contributed by atoms with Crippen molar-refractivity contribution in [2.45, 2.75) is 50.5 Å². The largest absolute Gasteiger partial charge is 0.481 e. The first kappa shape index (κ1) is 13.1. The van der Waals surface area contributed by atoms with Crippen LogP contribution in [0.3, 0.4) is 0 Å². The lowest BCUT2D eigenvalue weighted by Crippen LogP contribution is -2.39. The van der Waals surface area contributed by atoms with Gasteiger partial charge in [0.2, 0.25) is 5.82 Å². The van der Waals surface area contributed by atoms with Gasteiger partial charge in [-0.2, -0.15) is 0 Å². The van der Waals surface area contributed by atoms with Gasteiger partial charge < -0.3 is 10.4 Å². The number of aromatic nitrogens is 3. The molecule has 20 heavy (non-hydrogen) atoms. The molecular weight excluding hydrogens is 260 g/mol. The lowest BCUT2D eigenvalue weighted by atomic mass is 9.86. The third-order valence-electron chi connectivity index (χ3n) is 4.08. The summed E-state index contributed by atoms with van der Waals surface area (Å²) in [5.41, 5.74) is 0. The minimum absolute atomic E-state index is 0.0287. The van der Waals surface area contributed by atoms with Crippen LogP contribution >= 0.6 is 0 Å². The summed E-state index contributed by atoms with van der Waals surface area (Å²) in [4.78, 5) is 27.1. The van der Waals surface area contributed by atoms with Crippen molar-refractivity contribution in [2.75, 3.05) is 0 Å². The maximum absolute atomic E-state index is 12.0. The molecule has 0 radical (unpaired) electrons. The van der Waals surface area contributed by atoms with E-state index in [4.69, 9.17) is 5.11 Å². The smallest absolute Gasteiger partial charge is 0.306 e. The highest BCUT2D eigenvalue weighted by Crippen LogP contribution is 2.37. The van der Waals surface area contributed by atoms with Gasteiger partial charge in [0, 0.05) is 12.0 Å². The van der Waals surface area contributed by atoms with Crippen LogP contribution in [-0.2, 0) is 4.79 Å². The van der Waals surface area contributed by atoms with Crippen LogP contribution in [0.2, 0.25) is 0 Å². The van der Waals surface area contributed by atoms with Crippen molar-refractivity contribution in [1.29, 1.82) is 0 Å². The number of hydrogen-bond donors (Lipinski definition) is 3. The molecule has 0 saturated heterocycles. The fraction of sp³-hybridized carbons (Fsp3) is 0.692. The quantitative estimate of drug-likeness (QED) is 0.763. The van der Waals surface area contributed by atoms with Crippen LogP contribution in [0.15, 0.2) is 0 Å². The van der Waals surface area contributed by atoms with E-state index in [1.807, 2.05) is 0 Å². The third-order valence-corrected chi connectivity index (χ3v) is 4.08. The van der Waals surface area contributed by atoms with E-state index in [-0.39, 0.29) is 23.7 Å². The maximum atomic E-state index is 12.0. The van der Waals surface area contributed by atoms with Crippen molar-refractivity contribution < 1.29 is 14.7 Å². The summed E-state index contributed by atoms with van der Waals surface area (Å²) in [6, 6.07) is 0.0287. The number of rotatable bonds is 4. The van der Waals surface area contributed by atoms with Crippen LogP contribution in [0.5, 0.6) is 0 Å². The van der Waals surface area contributed by atoms with Crippen molar-refractivity contribution in [3.63, 3.8) is 0 Å². The number of carbonyl (C=O) groups is 2. The van der Waals surface area contributed by atoms with E-state index in [1.54, 1.807) is 0 Å². The predicted octanol–water partition coefficient (Wildman–Crippen LogP) is 1.06. The maximum Gasteiger partial charge on any atom is 0.306 e. The average Bonchev–Trinajstić information content (AvgIpc) is 3.17. The van der Waals surface area contributed by atoms with Crippen LogP contribution in [0.25, 0.3) is 0 Å². The molecule has 3 N–H and O–H groups in total. The number of carbonyl (C=O) groups excluding carboxylic acids is 1. The summed E-state index contributed by atoms with van der Waals surface area (Å²) in [6.07, 6.45) is 4.83. The number of nitrogens with one attached hydrogen (secondary N) is 2. The van der Waals surface area contributed by atoms with Crippen molar-refractivity contribution in [3.05, 3.63) is 11.6 Å². The number of aliphatic carboxylic acids is 1. The number of aromatic amines is 1. The van der Waals surface area contributed by atoms with Crippen LogP contribution in [-0.4, -0.2) is 38.2 Å². The van der Waals surface area contributed by atoms with Gasteiger partial charge in [-0.25, -0.2) is 4.98 Å². The molecule has 7 nitrogen and oxygen atoms in total. The number of H-pyrrole nitrogens is 1. The average molecular weight is 278 g/mol. The van der Waals surface area contributed by atoms with E-state index in [0.717, 1.165) is 18.7 Å². The lowest BCUT2D eigenvalue weighted by Gasteiger charge is -2.26. The van der Waals surface area contributed by atoms with Gasteiger partial charge in [0.25, 0.3) is 5.91 Å². The van der Waals surface area contributed by atoms with Gasteiger partial charge in [0.15, 0.2) is 0 Å². The summed E-state index contributed by atoms with van der Waals surface area (Å²) >= 11 is 0. The summed E-state index contributed by atoms with van der Waals surface area (Å²) in [6.45, 7) is 0. The van der Waals surface area contributed by atoms with E-state index in [2.05, 4.69) is 20.5 Å². The number of hydrogen-bond acceptors (Lipinski definition) is 4. The Bertz CT molecular complexity index is 515. The third kappa shape index (κ3) is 2.81. The molecular formula is C13H18N4O3. The first-order valence-electron chi connectivity index (χ1n) is 7.09. The molecule has 1 heterocycles. The Morgan fingerprint density at radius 2 is 1.85 bits per heavy atom. The molecule has 108 valence electrons. The second-order valence-corrected chi connectivity index (χ2v) is 5.68. The second kappa shape index (κ2) is 5.22. The normalized spacial score (nSPS) is 26.2. The van der Waals surface area contributed by atoms with Gasteiger partial charge >= 0.3 is 5.97 Å². The molecule has 0 aromatic carbocycles. The number of carboxylic acids is 1. The Labute approximate surface area is 116 Å². The fourth-order valence-corrected chi connectivity index (χ4v) is 2.65. The molecule has 0 bridgehead atoms. The van der Waals surface area contributed by atoms with Gasteiger partial charge in [-0.3, -0.25) is 14.7 Å². The van der Waals surface area contributed by atoms with Crippen LogP contribution < -0.4 is 5.32 Å². The highest BCUT2D eigenvalue weighted by Gasteiger charge is 2.30. The molecule has 7 heteroatoms. The Balaban J connectivity index is 1.52. The molecule has 2 aliphatic rings. The summed E-state index contributed by atoms with van der Waals surface area (Å²) in [5.74, 6) is 0.143. The number of nitrogens with zero attached hydrogens (tertiary/aromatic N) is 2. The summed E-state index contributed by atoms with van der Waals surface area (Å²) < 4.78 is 0. The van der Waals surface area contributed by atoms with E-state index >= 15 is 0 Å². The lowest BCUT2D eigenvalue weighted by molar-refractivity contribution is -0.142. The number of amides is 1. The summed E-state index contributed by atoms with van der Waals surface area (Å²) in [7, 11) is 0. The zero-order valence-corrected chi connectivity index (χ0v) is 11.1. The molecule has 0 spiro atoms. The SMILES string of the molecule is O=C(NC1CCC(C(=O)O)CC1)c1n[nH]c(C2CC2)n1. The van der Waals surface area contributed by atoms with E-state index in [0.29, 0.717) is 31.6 Å². The van der Waals surface area contributed by atoms with E-state index in [9.17, 15) is 9.59 Å². The van der Waals surface area contributed by atoms with Gasteiger partial charge in [-0.1, -0.05) is 0 Å². The van der Waals surface area contributed by atoms with Crippen molar-refractivity contribution in [3.8, 4) is 0 Å².